The third-order valence-corrected chi connectivity index (χ3v) is 4.76. The summed E-state index contributed by atoms with van der Waals surface area (Å²) in [4.78, 5) is 12.5. The van der Waals surface area contributed by atoms with E-state index in [0.29, 0.717) is 23.1 Å². The predicted octanol–water partition coefficient (Wildman–Crippen LogP) is 2.35. The monoisotopic (exact) mass is 352 g/mol. The summed E-state index contributed by atoms with van der Waals surface area (Å²) in [5, 5.41) is 11.6. The maximum absolute atomic E-state index is 12.5. The number of rotatable bonds is 4. The minimum Gasteiger partial charge on any atom is -0.352 e. The van der Waals surface area contributed by atoms with Crippen LogP contribution in [0.2, 0.25) is 10.0 Å². The molecule has 5 nitrogen and oxygen atoms in total. The summed E-state index contributed by atoms with van der Waals surface area (Å²) in [6, 6.07) is 5.28. The van der Waals surface area contributed by atoms with Crippen molar-refractivity contribution in [3.05, 3.63) is 51.8 Å². The SMILES string of the molecule is Cn1cc([C@H]2CNC[C@@H]2C(=O)NCc2ccc(Cl)cc2Cl)cn1. The second-order valence-corrected chi connectivity index (χ2v) is 6.62. The number of amides is 1. The minimum absolute atomic E-state index is 0.0230. The number of halogens is 2. The Labute approximate surface area is 145 Å². The molecular formula is C16H18Cl2N4O. The van der Waals surface area contributed by atoms with Gasteiger partial charge in [0.2, 0.25) is 5.91 Å². The van der Waals surface area contributed by atoms with Gasteiger partial charge < -0.3 is 10.6 Å². The van der Waals surface area contributed by atoms with E-state index in [4.69, 9.17) is 23.2 Å². The highest BCUT2D eigenvalue weighted by atomic mass is 35.5. The molecule has 0 unspecified atom stereocenters. The molecular weight excluding hydrogens is 335 g/mol. The second-order valence-electron chi connectivity index (χ2n) is 5.77. The van der Waals surface area contributed by atoms with Crippen LogP contribution in [0.4, 0.5) is 0 Å². The fourth-order valence-corrected chi connectivity index (χ4v) is 3.39. The summed E-state index contributed by atoms with van der Waals surface area (Å²) in [5.41, 5.74) is 1.94. The van der Waals surface area contributed by atoms with Crippen LogP contribution in [-0.2, 0) is 18.4 Å². The number of hydrogen-bond acceptors (Lipinski definition) is 3. The van der Waals surface area contributed by atoms with E-state index in [0.717, 1.165) is 17.7 Å². The van der Waals surface area contributed by atoms with Gasteiger partial charge in [0.1, 0.15) is 0 Å². The number of nitrogens with one attached hydrogen (secondary N) is 2. The summed E-state index contributed by atoms with van der Waals surface area (Å²) >= 11 is 12.0. The van der Waals surface area contributed by atoms with E-state index in [9.17, 15) is 4.79 Å². The van der Waals surface area contributed by atoms with Gasteiger partial charge in [-0.3, -0.25) is 9.48 Å². The lowest BCUT2D eigenvalue weighted by molar-refractivity contribution is -0.125. The average Bonchev–Trinajstić information content (AvgIpc) is 3.14. The van der Waals surface area contributed by atoms with E-state index in [1.807, 2.05) is 25.5 Å². The summed E-state index contributed by atoms with van der Waals surface area (Å²) < 4.78 is 1.76. The van der Waals surface area contributed by atoms with Crippen LogP contribution >= 0.6 is 23.2 Å². The van der Waals surface area contributed by atoms with Crippen molar-refractivity contribution >= 4 is 29.1 Å². The van der Waals surface area contributed by atoms with Crippen LogP contribution in [0.1, 0.15) is 17.0 Å². The average molecular weight is 353 g/mol. The largest absolute Gasteiger partial charge is 0.352 e. The quantitative estimate of drug-likeness (QED) is 0.887. The molecule has 23 heavy (non-hydrogen) atoms. The summed E-state index contributed by atoms with van der Waals surface area (Å²) in [7, 11) is 1.88. The Hall–Kier alpha value is -1.56. The minimum atomic E-state index is -0.106. The number of aromatic nitrogens is 2. The van der Waals surface area contributed by atoms with Crippen LogP contribution in [0, 0.1) is 5.92 Å². The van der Waals surface area contributed by atoms with E-state index in [-0.39, 0.29) is 17.7 Å². The summed E-state index contributed by atoms with van der Waals surface area (Å²) in [6.07, 6.45) is 3.79. The fraction of sp³-hybridized carbons (Fsp3) is 0.375. The molecule has 7 heteroatoms. The van der Waals surface area contributed by atoms with Gasteiger partial charge in [0.15, 0.2) is 0 Å². The third kappa shape index (κ3) is 3.68. The van der Waals surface area contributed by atoms with Gasteiger partial charge in [0.25, 0.3) is 0 Å². The molecule has 1 aliphatic heterocycles. The van der Waals surface area contributed by atoms with Gasteiger partial charge in [-0.25, -0.2) is 0 Å². The normalized spacial score (nSPS) is 20.7. The van der Waals surface area contributed by atoms with Crippen molar-refractivity contribution in [1.82, 2.24) is 20.4 Å². The molecule has 0 saturated carbocycles. The highest BCUT2D eigenvalue weighted by Gasteiger charge is 2.34. The number of aryl methyl sites for hydroxylation is 1. The molecule has 1 aromatic carbocycles. The van der Waals surface area contributed by atoms with E-state index in [1.54, 1.807) is 16.8 Å². The van der Waals surface area contributed by atoms with Crippen LogP contribution in [0.25, 0.3) is 0 Å². The van der Waals surface area contributed by atoms with Gasteiger partial charge in [-0.1, -0.05) is 29.3 Å². The van der Waals surface area contributed by atoms with Crippen molar-refractivity contribution in [1.29, 1.82) is 0 Å². The molecule has 0 radical (unpaired) electrons. The van der Waals surface area contributed by atoms with E-state index in [1.165, 1.54) is 0 Å². The molecule has 1 aliphatic rings. The Balaban J connectivity index is 1.65. The molecule has 3 rings (SSSR count). The van der Waals surface area contributed by atoms with Crippen molar-refractivity contribution in [2.45, 2.75) is 12.5 Å². The Morgan fingerprint density at radius 1 is 1.43 bits per heavy atom. The zero-order valence-corrected chi connectivity index (χ0v) is 14.2. The van der Waals surface area contributed by atoms with Crippen LogP contribution in [0.15, 0.2) is 30.6 Å². The lowest BCUT2D eigenvalue weighted by Gasteiger charge is -2.17. The number of nitrogens with zero attached hydrogens (tertiary/aromatic N) is 2. The van der Waals surface area contributed by atoms with Gasteiger partial charge in [-0.15, -0.1) is 0 Å². The standard InChI is InChI=1S/C16H18Cl2N4O/c1-22-9-11(6-21-22)13-7-19-8-14(13)16(23)20-5-10-2-3-12(17)4-15(10)18/h2-4,6,9,13-14,19H,5,7-8H2,1H3,(H,20,23)/t13-,14+/m1/s1. The number of hydrogen-bond donors (Lipinski definition) is 2. The number of carbonyl (C=O) groups is 1. The first-order chi connectivity index (χ1) is 11.0. The molecule has 1 fully saturated rings. The molecule has 1 amide bonds. The van der Waals surface area contributed by atoms with Crippen molar-refractivity contribution in [3.63, 3.8) is 0 Å². The smallest absolute Gasteiger partial charge is 0.225 e. The van der Waals surface area contributed by atoms with Crippen LogP contribution in [-0.4, -0.2) is 28.8 Å². The van der Waals surface area contributed by atoms with Crippen molar-refractivity contribution in [2.24, 2.45) is 13.0 Å². The van der Waals surface area contributed by atoms with Gasteiger partial charge in [0.05, 0.1) is 12.1 Å². The Morgan fingerprint density at radius 3 is 2.96 bits per heavy atom. The van der Waals surface area contributed by atoms with Crippen LogP contribution in [0.5, 0.6) is 0 Å². The van der Waals surface area contributed by atoms with E-state index in [2.05, 4.69) is 15.7 Å². The second kappa shape index (κ2) is 6.91. The maximum atomic E-state index is 12.5. The lowest BCUT2D eigenvalue weighted by atomic mass is 9.90. The van der Waals surface area contributed by atoms with E-state index >= 15 is 0 Å². The van der Waals surface area contributed by atoms with Crippen molar-refractivity contribution in [2.75, 3.05) is 13.1 Å². The Kier molecular flexibility index (Phi) is 4.90. The van der Waals surface area contributed by atoms with Crippen molar-refractivity contribution < 1.29 is 4.79 Å². The molecule has 0 spiro atoms. The first-order valence-electron chi connectivity index (χ1n) is 7.45. The molecule has 2 aromatic rings. The molecule has 2 atom stereocenters. The van der Waals surface area contributed by atoms with E-state index < -0.39 is 0 Å². The molecule has 2 heterocycles. The molecule has 0 aliphatic carbocycles. The Morgan fingerprint density at radius 2 is 2.26 bits per heavy atom. The first-order valence-corrected chi connectivity index (χ1v) is 8.21. The van der Waals surface area contributed by atoms with Crippen molar-refractivity contribution in [3.8, 4) is 0 Å². The number of benzene rings is 1. The predicted molar refractivity (Wildman–Crippen MR) is 90.6 cm³/mol. The third-order valence-electron chi connectivity index (χ3n) is 4.17. The molecule has 1 saturated heterocycles. The summed E-state index contributed by atoms with van der Waals surface area (Å²) in [5.74, 6) is 0.0598. The van der Waals surface area contributed by atoms with Gasteiger partial charge >= 0.3 is 0 Å². The maximum Gasteiger partial charge on any atom is 0.225 e. The van der Waals surface area contributed by atoms with Gasteiger partial charge in [-0.2, -0.15) is 5.10 Å². The molecule has 1 aromatic heterocycles. The number of carbonyl (C=O) groups excluding carboxylic acids is 1. The summed E-state index contributed by atoms with van der Waals surface area (Å²) in [6.45, 7) is 1.84. The highest BCUT2D eigenvalue weighted by molar-refractivity contribution is 6.35. The molecule has 0 bridgehead atoms. The zero-order valence-electron chi connectivity index (χ0n) is 12.7. The Bertz CT molecular complexity index is 716. The van der Waals surface area contributed by atoms with Crippen LogP contribution in [0.3, 0.4) is 0 Å². The zero-order chi connectivity index (χ0) is 16.4. The van der Waals surface area contributed by atoms with Gasteiger partial charge in [0, 0.05) is 48.8 Å². The van der Waals surface area contributed by atoms with Crippen LogP contribution < -0.4 is 10.6 Å². The van der Waals surface area contributed by atoms with Gasteiger partial charge in [-0.05, 0) is 23.3 Å². The first kappa shape index (κ1) is 16.3. The highest BCUT2D eigenvalue weighted by Crippen LogP contribution is 2.28. The lowest BCUT2D eigenvalue weighted by Crippen LogP contribution is -2.34. The topological polar surface area (TPSA) is 59.0 Å². The molecule has 2 N–H and O–H groups in total. The fourth-order valence-electron chi connectivity index (χ4n) is 2.91. The molecule has 122 valence electrons.